The largest absolute Gasteiger partial charge is 0.432 e. The molecule has 1 saturated heterocycles. The average molecular weight is 198 g/mol. The molecule has 0 aromatic rings. The van der Waals surface area contributed by atoms with Crippen LogP contribution >= 0.6 is 11.8 Å². The van der Waals surface area contributed by atoms with Gasteiger partial charge in [-0.15, -0.1) is 11.8 Å². The lowest BCUT2D eigenvalue weighted by Gasteiger charge is -2.28. The Morgan fingerprint density at radius 3 is 2.25 bits per heavy atom. The van der Waals surface area contributed by atoms with Gasteiger partial charge in [-0.25, -0.2) is 4.39 Å². The highest BCUT2D eigenvalue weighted by atomic mass is 32.2. The number of allylic oxidation sites excluding steroid dienone is 1. The third-order valence-corrected chi connectivity index (χ3v) is 3.76. The number of hydrogen-bond acceptors (Lipinski definition) is 1. The summed E-state index contributed by atoms with van der Waals surface area (Å²) in [5.41, 5.74) is 0. The second-order valence-corrected chi connectivity index (χ2v) is 4.46. The maximum Gasteiger partial charge on any atom is 0.432 e. The Bertz CT molecular complexity index is 234. The lowest BCUT2D eigenvalue weighted by atomic mass is 10.0. The van der Waals surface area contributed by atoms with E-state index in [1.807, 2.05) is 0 Å². The van der Waals surface area contributed by atoms with E-state index in [1.54, 1.807) is 6.08 Å². The molecular formula is C7H6F4S. The zero-order valence-electron chi connectivity index (χ0n) is 5.94. The smallest absolute Gasteiger partial charge is 0.221 e. The standard InChI is InChI=1S/C7H6F4S/c8-6(7(9,10)11)4-1-2-5(3-4)12-6/h1-2,4-5H,3H2. The molecule has 0 nitrogen and oxygen atoms in total. The minimum atomic E-state index is -4.73. The summed E-state index contributed by atoms with van der Waals surface area (Å²) in [5.74, 6) is -0.965. The molecule has 1 fully saturated rings. The summed E-state index contributed by atoms with van der Waals surface area (Å²) >= 11 is 0.391. The van der Waals surface area contributed by atoms with Gasteiger partial charge >= 0.3 is 6.18 Å². The molecule has 0 aromatic heterocycles. The highest BCUT2D eigenvalue weighted by Crippen LogP contribution is 2.60. The van der Waals surface area contributed by atoms with Crippen LogP contribution in [0.2, 0.25) is 0 Å². The molecular weight excluding hydrogens is 192 g/mol. The van der Waals surface area contributed by atoms with Crippen LogP contribution < -0.4 is 0 Å². The van der Waals surface area contributed by atoms with Crippen LogP contribution in [-0.4, -0.2) is 16.4 Å². The number of alkyl halides is 4. The molecule has 2 bridgehead atoms. The predicted octanol–water partition coefficient (Wildman–Crippen LogP) is 2.91. The van der Waals surface area contributed by atoms with Crippen molar-refractivity contribution in [1.29, 1.82) is 0 Å². The molecule has 0 spiro atoms. The zero-order valence-corrected chi connectivity index (χ0v) is 6.75. The molecule has 0 saturated carbocycles. The van der Waals surface area contributed by atoms with Crippen molar-refractivity contribution in [3.63, 3.8) is 0 Å². The summed E-state index contributed by atoms with van der Waals surface area (Å²) in [6, 6.07) is 0. The van der Waals surface area contributed by atoms with E-state index in [4.69, 9.17) is 0 Å². The first-order valence-electron chi connectivity index (χ1n) is 3.55. The van der Waals surface area contributed by atoms with Crippen molar-refractivity contribution in [2.45, 2.75) is 22.8 Å². The first kappa shape index (κ1) is 8.41. The van der Waals surface area contributed by atoms with Crippen LogP contribution in [0.5, 0.6) is 0 Å². The fourth-order valence-corrected chi connectivity index (χ4v) is 3.01. The Balaban J connectivity index is 2.30. The molecule has 1 aliphatic carbocycles. The van der Waals surface area contributed by atoms with E-state index in [9.17, 15) is 17.6 Å². The second kappa shape index (κ2) is 2.19. The third kappa shape index (κ3) is 0.917. The average Bonchev–Trinajstić information content (AvgIpc) is 2.43. The van der Waals surface area contributed by atoms with Gasteiger partial charge in [-0.2, -0.15) is 13.2 Å². The zero-order chi connectivity index (χ0) is 8.98. The lowest BCUT2D eigenvalue weighted by Crippen LogP contribution is -2.41. The summed E-state index contributed by atoms with van der Waals surface area (Å²) < 4.78 is 49.8. The minimum Gasteiger partial charge on any atom is -0.221 e. The Kier molecular flexibility index (Phi) is 1.53. The molecule has 0 N–H and O–H groups in total. The Hall–Kier alpha value is -0.190. The van der Waals surface area contributed by atoms with Gasteiger partial charge in [0, 0.05) is 11.2 Å². The van der Waals surface area contributed by atoms with Crippen molar-refractivity contribution in [2.75, 3.05) is 0 Å². The van der Waals surface area contributed by atoms with E-state index in [0.717, 1.165) is 0 Å². The fraction of sp³-hybridized carbons (Fsp3) is 0.714. The summed E-state index contributed by atoms with van der Waals surface area (Å²) in [7, 11) is 0. The van der Waals surface area contributed by atoms with Gasteiger partial charge in [0.05, 0.1) is 0 Å². The summed E-state index contributed by atoms with van der Waals surface area (Å²) in [6.45, 7) is 0. The number of thioether (sulfide) groups is 1. The van der Waals surface area contributed by atoms with Crippen molar-refractivity contribution in [3.8, 4) is 0 Å². The molecule has 5 heteroatoms. The highest BCUT2D eigenvalue weighted by Gasteiger charge is 2.66. The van der Waals surface area contributed by atoms with Gasteiger partial charge in [-0.3, -0.25) is 0 Å². The van der Waals surface area contributed by atoms with Crippen LogP contribution in [0.3, 0.4) is 0 Å². The van der Waals surface area contributed by atoms with Crippen LogP contribution in [0.1, 0.15) is 6.42 Å². The van der Waals surface area contributed by atoms with Crippen molar-refractivity contribution < 1.29 is 17.6 Å². The molecule has 2 aliphatic rings. The SMILES string of the molecule is FC(F)(F)C1(F)SC2C=CC1C2. The lowest BCUT2D eigenvalue weighted by molar-refractivity contribution is -0.203. The van der Waals surface area contributed by atoms with Crippen LogP contribution in [0.15, 0.2) is 12.2 Å². The first-order chi connectivity index (χ1) is 5.43. The predicted molar refractivity (Wildman–Crippen MR) is 38.5 cm³/mol. The van der Waals surface area contributed by atoms with Gasteiger partial charge < -0.3 is 0 Å². The molecule has 2 rings (SSSR count). The van der Waals surface area contributed by atoms with E-state index in [2.05, 4.69) is 0 Å². The van der Waals surface area contributed by atoms with Gasteiger partial charge in [-0.05, 0) is 6.42 Å². The second-order valence-electron chi connectivity index (χ2n) is 3.03. The van der Waals surface area contributed by atoms with Crippen molar-refractivity contribution in [3.05, 3.63) is 12.2 Å². The molecule has 3 atom stereocenters. The van der Waals surface area contributed by atoms with E-state index in [0.29, 0.717) is 18.2 Å². The van der Waals surface area contributed by atoms with Crippen molar-refractivity contribution >= 4 is 11.8 Å². The fourth-order valence-electron chi connectivity index (χ4n) is 1.61. The Morgan fingerprint density at radius 1 is 1.33 bits per heavy atom. The van der Waals surface area contributed by atoms with Gasteiger partial charge in [0.2, 0.25) is 0 Å². The molecule has 1 aliphatic heterocycles. The third-order valence-electron chi connectivity index (χ3n) is 2.23. The number of halogens is 4. The van der Waals surface area contributed by atoms with Crippen molar-refractivity contribution in [2.24, 2.45) is 5.92 Å². The van der Waals surface area contributed by atoms with Crippen LogP contribution in [-0.2, 0) is 0 Å². The monoisotopic (exact) mass is 198 g/mol. The Labute approximate surface area is 71.0 Å². The van der Waals surface area contributed by atoms with E-state index in [-0.39, 0.29) is 5.25 Å². The quantitative estimate of drug-likeness (QED) is 0.426. The van der Waals surface area contributed by atoms with Gasteiger partial charge in [0.25, 0.3) is 5.00 Å². The maximum absolute atomic E-state index is 13.3. The number of hydrogen-bond donors (Lipinski definition) is 0. The molecule has 0 aromatic carbocycles. The van der Waals surface area contributed by atoms with Gasteiger partial charge in [0.15, 0.2) is 0 Å². The number of fused-ring (bicyclic) bond motifs is 2. The minimum absolute atomic E-state index is 0.276. The normalized spacial score (nSPS) is 45.7. The summed E-state index contributed by atoms with van der Waals surface area (Å²) in [6.07, 6.45) is -1.45. The van der Waals surface area contributed by atoms with Gasteiger partial charge in [-0.1, -0.05) is 12.2 Å². The van der Waals surface area contributed by atoms with E-state index in [1.165, 1.54) is 6.08 Å². The van der Waals surface area contributed by atoms with Crippen LogP contribution in [0, 0.1) is 5.92 Å². The molecule has 12 heavy (non-hydrogen) atoms. The highest BCUT2D eigenvalue weighted by molar-refractivity contribution is 8.01. The van der Waals surface area contributed by atoms with Crippen LogP contribution in [0.25, 0.3) is 0 Å². The van der Waals surface area contributed by atoms with Gasteiger partial charge in [0.1, 0.15) is 0 Å². The number of rotatable bonds is 0. The molecule has 68 valence electrons. The van der Waals surface area contributed by atoms with E-state index < -0.39 is 17.1 Å². The Morgan fingerprint density at radius 2 is 2.00 bits per heavy atom. The molecule has 0 radical (unpaired) electrons. The maximum atomic E-state index is 13.3. The summed E-state index contributed by atoms with van der Waals surface area (Å²) in [5, 5.41) is -3.30. The van der Waals surface area contributed by atoms with Crippen molar-refractivity contribution in [1.82, 2.24) is 0 Å². The summed E-state index contributed by atoms with van der Waals surface area (Å²) in [4.78, 5) is 0. The molecule has 0 amide bonds. The molecule has 1 heterocycles. The van der Waals surface area contributed by atoms with Crippen LogP contribution in [0.4, 0.5) is 17.6 Å². The topological polar surface area (TPSA) is 0 Å². The first-order valence-corrected chi connectivity index (χ1v) is 4.43. The van der Waals surface area contributed by atoms with E-state index >= 15 is 0 Å². The molecule has 3 unspecified atom stereocenters.